The fourth-order valence-corrected chi connectivity index (χ4v) is 4.55. The van der Waals surface area contributed by atoms with Gasteiger partial charge in [-0.05, 0) is 37.8 Å². The number of anilines is 1. The van der Waals surface area contributed by atoms with Crippen molar-refractivity contribution in [2.24, 2.45) is 0 Å². The van der Waals surface area contributed by atoms with Crippen molar-refractivity contribution >= 4 is 39.8 Å². The summed E-state index contributed by atoms with van der Waals surface area (Å²) in [5.74, 6) is -1.98. The third kappa shape index (κ3) is 4.49. The molecule has 1 fully saturated rings. The summed E-state index contributed by atoms with van der Waals surface area (Å²) in [4.78, 5) is 42.2. The molecule has 1 saturated carbocycles. The predicted molar refractivity (Wildman–Crippen MR) is 119 cm³/mol. The van der Waals surface area contributed by atoms with Crippen molar-refractivity contribution in [2.75, 3.05) is 19.0 Å². The second kappa shape index (κ2) is 9.45. The molecule has 1 N–H and O–H groups in total. The molecule has 0 bridgehead atoms. The standard InChI is InChI=1S/C22H22F2N4O5S/c1-4-7-33-21(30)16-10(2)17(22(31)32-3)34-20(16)26-19(29)13-9-15-25-12(11-5-6-11)8-14(18(23)24)28(15)27-13/h8-9,11,18H,4-7H2,1-3H3,(H,26,29). The van der Waals surface area contributed by atoms with Gasteiger partial charge >= 0.3 is 11.9 Å². The Hall–Kier alpha value is -3.41. The lowest BCUT2D eigenvalue weighted by Gasteiger charge is -2.07. The first-order valence-electron chi connectivity index (χ1n) is 10.6. The number of hydrogen-bond donors (Lipinski definition) is 1. The van der Waals surface area contributed by atoms with Gasteiger partial charge in [-0.15, -0.1) is 11.3 Å². The molecule has 3 aromatic rings. The number of amides is 1. The smallest absolute Gasteiger partial charge is 0.348 e. The zero-order valence-corrected chi connectivity index (χ0v) is 19.5. The van der Waals surface area contributed by atoms with Crippen molar-refractivity contribution in [1.29, 1.82) is 0 Å². The molecular weight excluding hydrogens is 470 g/mol. The van der Waals surface area contributed by atoms with Crippen molar-refractivity contribution in [1.82, 2.24) is 14.6 Å². The minimum atomic E-state index is -2.80. The third-order valence-electron chi connectivity index (χ3n) is 5.31. The molecule has 12 heteroatoms. The van der Waals surface area contributed by atoms with E-state index in [1.54, 1.807) is 6.92 Å². The second-order valence-corrected chi connectivity index (χ2v) is 8.84. The lowest BCUT2D eigenvalue weighted by atomic mass is 10.1. The molecule has 4 rings (SSSR count). The maximum atomic E-state index is 13.6. The summed E-state index contributed by atoms with van der Waals surface area (Å²) in [6.07, 6.45) is -0.458. The number of carbonyl (C=O) groups is 3. The van der Waals surface area contributed by atoms with E-state index in [0.29, 0.717) is 17.7 Å². The van der Waals surface area contributed by atoms with Gasteiger partial charge in [-0.25, -0.2) is 27.9 Å². The van der Waals surface area contributed by atoms with Crippen LogP contribution in [0.5, 0.6) is 0 Å². The average molecular weight is 493 g/mol. The Morgan fingerprint density at radius 3 is 2.62 bits per heavy atom. The van der Waals surface area contributed by atoms with Gasteiger partial charge < -0.3 is 14.8 Å². The Morgan fingerprint density at radius 2 is 2.00 bits per heavy atom. The van der Waals surface area contributed by atoms with Crippen LogP contribution in [0.15, 0.2) is 12.1 Å². The van der Waals surface area contributed by atoms with Crippen LogP contribution in [0.2, 0.25) is 0 Å². The summed E-state index contributed by atoms with van der Waals surface area (Å²) in [6.45, 7) is 3.53. The largest absolute Gasteiger partial charge is 0.465 e. The molecule has 9 nitrogen and oxygen atoms in total. The van der Waals surface area contributed by atoms with Gasteiger partial charge in [0.25, 0.3) is 12.3 Å². The van der Waals surface area contributed by atoms with Gasteiger partial charge in [-0.1, -0.05) is 6.92 Å². The van der Waals surface area contributed by atoms with Crippen LogP contribution in [0.4, 0.5) is 13.8 Å². The summed E-state index contributed by atoms with van der Waals surface area (Å²) >= 11 is 0.856. The summed E-state index contributed by atoms with van der Waals surface area (Å²) in [7, 11) is 1.20. The number of aromatic nitrogens is 3. The van der Waals surface area contributed by atoms with Gasteiger partial charge in [0.1, 0.15) is 15.6 Å². The molecular formula is C22H22F2N4O5S. The van der Waals surface area contributed by atoms with Crippen molar-refractivity contribution in [3.63, 3.8) is 0 Å². The number of alkyl halides is 2. The number of nitrogens with zero attached hydrogens (tertiary/aromatic N) is 3. The van der Waals surface area contributed by atoms with Crippen molar-refractivity contribution < 1.29 is 32.6 Å². The molecule has 180 valence electrons. The van der Waals surface area contributed by atoms with Crippen LogP contribution in [0, 0.1) is 6.92 Å². The summed E-state index contributed by atoms with van der Waals surface area (Å²) in [5.41, 5.74) is 0.491. The number of thiophene rings is 1. The Morgan fingerprint density at radius 1 is 1.26 bits per heavy atom. The van der Waals surface area contributed by atoms with E-state index in [0.717, 1.165) is 28.7 Å². The van der Waals surface area contributed by atoms with Gasteiger partial charge in [0.05, 0.1) is 19.3 Å². The Labute approximate surface area is 197 Å². The summed E-state index contributed by atoms with van der Waals surface area (Å²) < 4.78 is 38.2. The van der Waals surface area contributed by atoms with Crippen LogP contribution in [0.25, 0.3) is 5.65 Å². The van der Waals surface area contributed by atoms with Crippen molar-refractivity contribution in [3.05, 3.63) is 45.2 Å². The number of halogens is 2. The molecule has 34 heavy (non-hydrogen) atoms. The Kier molecular flexibility index (Phi) is 6.60. The number of ether oxygens (including phenoxy) is 2. The SMILES string of the molecule is CCCOC(=O)c1c(NC(=O)c2cc3nc(C4CC4)cc(C(F)F)n3n2)sc(C(=O)OC)c1C. The van der Waals surface area contributed by atoms with Crippen LogP contribution < -0.4 is 5.32 Å². The number of esters is 2. The molecule has 0 unspecified atom stereocenters. The second-order valence-electron chi connectivity index (χ2n) is 7.82. The zero-order chi connectivity index (χ0) is 24.6. The molecule has 1 amide bonds. The molecule has 1 aliphatic carbocycles. The molecule has 0 aliphatic heterocycles. The maximum Gasteiger partial charge on any atom is 0.348 e. The van der Waals surface area contributed by atoms with Crippen LogP contribution in [-0.4, -0.2) is 46.2 Å². The number of nitrogens with one attached hydrogen (secondary N) is 1. The summed E-state index contributed by atoms with van der Waals surface area (Å²) in [6, 6.07) is 2.63. The topological polar surface area (TPSA) is 112 Å². The molecule has 0 atom stereocenters. The average Bonchev–Trinajstić information content (AvgIpc) is 3.49. The highest BCUT2D eigenvalue weighted by atomic mass is 32.1. The molecule has 0 saturated heterocycles. The van der Waals surface area contributed by atoms with Gasteiger partial charge in [0, 0.05) is 17.7 Å². The maximum absolute atomic E-state index is 13.6. The summed E-state index contributed by atoms with van der Waals surface area (Å²) in [5, 5.41) is 6.65. The third-order valence-corrected chi connectivity index (χ3v) is 6.50. The van der Waals surface area contributed by atoms with E-state index < -0.39 is 24.3 Å². The lowest BCUT2D eigenvalue weighted by Crippen LogP contribution is -2.16. The highest BCUT2D eigenvalue weighted by Crippen LogP contribution is 2.40. The molecule has 0 radical (unpaired) electrons. The normalized spacial score (nSPS) is 13.4. The van der Waals surface area contributed by atoms with E-state index in [2.05, 4.69) is 15.4 Å². The number of hydrogen-bond acceptors (Lipinski definition) is 8. The van der Waals surface area contributed by atoms with Crippen LogP contribution in [0.3, 0.4) is 0 Å². The van der Waals surface area contributed by atoms with E-state index >= 15 is 0 Å². The van der Waals surface area contributed by atoms with Gasteiger partial charge in [-0.2, -0.15) is 5.10 Å². The Bertz CT molecular complexity index is 1280. The van der Waals surface area contributed by atoms with E-state index in [1.165, 1.54) is 19.2 Å². The lowest BCUT2D eigenvalue weighted by molar-refractivity contribution is 0.0506. The Balaban J connectivity index is 1.70. The number of carbonyl (C=O) groups excluding carboxylic acids is 3. The number of rotatable bonds is 8. The molecule has 3 heterocycles. The van der Waals surface area contributed by atoms with E-state index in [1.807, 2.05) is 6.92 Å². The van der Waals surface area contributed by atoms with Crippen molar-refractivity contribution in [3.8, 4) is 0 Å². The highest BCUT2D eigenvalue weighted by Gasteiger charge is 2.30. The minimum Gasteiger partial charge on any atom is -0.465 e. The zero-order valence-electron chi connectivity index (χ0n) is 18.7. The molecule has 0 spiro atoms. The fraction of sp³-hybridized carbons (Fsp3) is 0.409. The number of fused-ring (bicyclic) bond motifs is 1. The van der Waals surface area contributed by atoms with E-state index in [4.69, 9.17) is 9.47 Å². The van der Waals surface area contributed by atoms with Gasteiger partial charge in [0.2, 0.25) is 0 Å². The first-order chi connectivity index (χ1) is 16.2. The van der Waals surface area contributed by atoms with Gasteiger partial charge in [0.15, 0.2) is 11.3 Å². The first kappa shape index (κ1) is 23.7. The van der Waals surface area contributed by atoms with Crippen LogP contribution >= 0.6 is 11.3 Å². The van der Waals surface area contributed by atoms with Crippen LogP contribution in [0.1, 0.15) is 86.0 Å². The first-order valence-corrected chi connectivity index (χ1v) is 11.5. The highest BCUT2D eigenvalue weighted by molar-refractivity contribution is 7.18. The number of methoxy groups -OCH3 is 1. The van der Waals surface area contributed by atoms with Gasteiger partial charge in [-0.3, -0.25) is 4.79 Å². The van der Waals surface area contributed by atoms with E-state index in [9.17, 15) is 23.2 Å². The minimum absolute atomic E-state index is 0.0263. The van der Waals surface area contributed by atoms with E-state index in [-0.39, 0.29) is 45.0 Å². The molecule has 0 aromatic carbocycles. The monoisotopic (exact) mass is 492 g/mol. The van der Waals surface area contributed by atoms with Crippen molar-refractivity contribution in [2.45, 2.75) is 45.5 Å². The van der Waals surface area contributed by atoms with Crippen LogP contribution in [-0.2, 0) is 9.47 Å². The quantitative estimate of drug-likeness (QED) is 0.460. The predicted octanol–water partition coefficient (Wildman–Crippen LogP) is 4.52. The fourth-order valence-electron chi connectivity index (χ4n) is 3.44. The molecule has 1 aliphatic rings. The molecule has 3 aromatic heterocycles.